The van der Waals surface area contributed by atoms with Crippen molar-refractivity contribution in [2.75, 3.05) is 32.7 Å². The Bertz CT molecular complexity index is 3980. The number of aliphatic hydroxyl groups excluding tert-OH is 2. The molecule has 0 unspecified atom stereocenters. The summed E-state index contributed by atoms with van der Waals surface area (Å²) in [5.41, 5.74) is 12.6. The molecule has 4 aliphatic rings. The van der Waals surface area contributed by atoms with Crippen LogP contribution in [0.2, 0.25) is 0 Å². The van der Waals surface area contributed by atoms with Gasteiger partial charge >= 0.3 is 0 Å². The molecule has 0 spiro atoms. The van der Waals surface area contributed by atoms with E-state index in [4.69, 9.17) is 22.3 Å². The van der Waals surface area contributed by atoms with Gasteiger partial charge in [-0.05, 0) is 79.3 Å². The number of amides is 8. The lowest BCUT2D eigenvalue weighted by atomic mass is 9.97. The van der Waals surface area contributed by atoms with Crippen molar-refractivity contribution in [3.63, 3.8) is 0 Å². The second-order valence-corrected chi connectivity index (χ2v) is 28.2. The summed E-state index contributed by atoms with van der Waals surface area (Å²) in [7, 11) is 1.16. The van der Waals surface area contributed by atoms with Gasteiger partial charge in [-0.3, -0.25) is 64.2 Å². The summed E-state index contributed by atoms with van der Waals surface area (Å²) in [5.74, 6) is -8.06. The molecule has 6 aromatic rings. The average molecular weight is 1410 g/mol. The quantitative estimate of drug-likeness (QED) is 0.0152. The van der Waals surface area contributed by atoms with Crippen molar-refractivity contribution >= 4 is 115 Å². The largest absolute Gasteiger partial charge is 0.392 e. The first-order valence-electron chi connectivity index (χ1n) is 33.1. The van der Waals surface area contributed by atoms with Gasteiger partial charge < -0.3 is 89.2 Å². The summed E-state index contributed by atoms with van der Waals surface area (Å²) >= 11 is 0. The molecule has 4 aliphatic heterocycles. The van der Waals surface area contributed by atoms with Gasteiger partial charge in [0.05, 0.1) is 18.2 Å². The lowest BCUT2D eigenvalue weighted by Gasteiger charge is -2.42. The maximum absolute atomic E-state index is 16.0. The summed E-state index contributed by atoms with van der Waals surface area (Å²) in [6.45, 7) is -1.33. The number of benzene rings is 4. The highest BCUT2D eigenvalue weighted by molar-refractivity contribution is 8.77. The normalized spacial score (nSPS) is 27.0. The van der Waals surface area contributed by atoms with Crippen molar-refractivity contribution < 1.29 is 58.2 Å². The highest BCUT2D eigenvalue weighted by Gasteiger charge is 2.51. The van der Waals surface area contributed by atoms with Crippen LogP contribution in [-0.4, -0.2) is 205 Å². The summed E-state index contributed by atoms with van der Waals surface area (Å²) in [6.07, 6.45) is -0.104. The zero-order valence-electron chi connectivity index (χ0n) is 54.6. The van der Waals surface area contributed by atoms with Crippen LogP contribution in [0.4, 0.5) is 0 Å². The highest BCUT2D eigenvalue weighted by atomic mass is 33.1. The number of nitrogens with two attached hydrogens (primary N) is 2. The van der Waals surface area contributed by atoms with Gasteiger partial charge in [-0.15, -0.1) is 0 Å². The van der Waals surface area contributed by atoms with E-state index in [0.29, 0.717) is 67.3 Å². The molecule has 2 bridgehead atoms. The number of H-pyrrole nitrogens is 2. The number of nitrogens with one attached hydrogen (secondary N) is 14. The number of rotatable bonds is 19. The molecule has 2 aromatic heterocycles. The van der Waals surface area contributed by atoms with Crippen molar-refractivity contribution in [1.82, 2.24) is 72.9 Å². The van der Waals surface area contributed by atoms with Crippen molar-refractivity contribution in [1.29, 1.82) is 10.8 Å². The number of carbonyl (C=O) groups is 10. The van der Waals surface area contributed by atoms with Gasteiger partial charge in [0.15, 0.2) is 29.9 Å². The number of carbonyl (C=O) groups excluding carboxylic acids is 10. The number of guanidine groups is 2. The molecule has 6 heterocycles. The predicted octanol–water partition coefficient (Wildman–Crippen LogP) is -0.995. The van der Waals surface area contributed by atoms with Crippen molar-refractivity contribution in [3.8, 4) is 0 Å². The van der Waals surface area contributed by atoms with Gasteiger partial charge in [0, 0.05) is 92.6 Å². The van der Waals surface area contributed by atoms with E-state index in [1.54, 1.807) is 97.3 Å². The summed E-state index contributed by atoms with van der Waals surface area (Å²) in [6, 6.07) is 21.3. The topological polar surface area (TPSA) is 469 Å². The smallest absolute Gasteiger partial charge is 0.257 e. The third kappa shape index (κ3) is 18.5. The van der Waals surface area contributed by atoms with Crippen LogP contribution >= 0.6 is 21.6 Å². The van der Waals surface area contributed by atoms with Crippen molar-refractivity contribution in [3.05, 3.63) is 144 Å². The Kier molecular flexibility index (Phi) is 24.3. The van der Waals surface area contributed by atoms with E-state index < -0.39 is 131 Å². The lowest BCUT2D eigenvalue weighted by molar-refractivity contribution is -0.141. The first-order valence-corrected chi connectivity index (χ1v) is 35.3. The van der Waals surface area contributed by atoms with Gasteiger partial charge in [0.25, 0.3) is 5.91 Å². The summed E-state index contributed by atoms with van der Waals surface area (Å²) < 4.78 is 0. The predicted molar refractivity (Wildman–Crippen MR) is 375 cm³/mol. The van der Waals surface area contributed by atoms with E-state index in [1.807, 2.05) is 24.3 Å². The molecule has 30 nitrogen and oxygen atoms in total. The minimum Gasteiger partial charge on any atom is -0.392 e. The monoisotopic (exact) mass is 1410 g/mol. The maximum Gasteiger partial charge on any atom is 0.257 e. The molecule has 4 aromatic carbocycles. The number of hydrogen-bond donors (Lipinski definition) is 18. The fraction of sp³-hybridized carbons (Fsp3) is 0.412. The Balaban J connectivity index is 1.14. The number of fused-ring (bicyclic) bond motifs is 7. The Morgan fingerprint density at radius 2 is 1.03 bits per heavy atom. The minimum atomic E-state index is -2.37. The van der Waals surface area contributed by atoms with Crippen LogP contribution in [-0.2, 0) is 73.6 Å². The summed E-state index contributed by atoms with van der Waals surface area (Å²) in [4.78, 5) is 159. The highest BCUT2D eigenvalue weighted by Crippen LogP contribution is 2.41. The molecular weight excluding hydrogens is 1320 g/mol. The van der Waals surface area contributed by atoms with Crippen LogP contribution in [0.15, 0.2) is 122 Å². The number of aryl methyl sites for hydroxylation is 1. The van der Waals surface area contributed by atoms with Gasteiger partial charge in [-0.1, -0.05) is 119 Å². The van der Waals surface area contributed by atoms with Crippen LogP contribution in [0.3, 0.4) is 0 Å². The van der Waals surface area contributed by atoms with Crippen molar-refractivity contribution in [2.45, 2.75) is 141 Å². The zero-order chi connectivity index (χ0) is 71.1. The average Bonchev–Trinajstić information content (AvgIpc) is 1.30. The Morgan fingerprint density at radius 3 is 1.60 bits per heavy atom. The van der Waals surface area contributed by atoms with E-state index in [9.17, 15) is 19.8 Å². The molecule has 8 amide bonds. The molecule has 0 aliphatic carbocycles. The molecule has 4 saturated heterocycles. The van der Waals surface area contributed by atoms with Crippen LogP contribution < -0.4 is 64.6 Å². The number of nitrogens with zero attached hydrogens (tertiary/aromatic N) is 2. The molecule has 4 fully saturated rings. The number of aromatic amines is 2. The van der Waals surface area contributed by atoms with Crippen molar-refractivity contribution in [2.24, 2.45) is 11.5 Å². The zero-order valence-corrected chi connectivity index (χ0v) is 56.3. The van der Waals surface area contributed by atoms with Crippen LogP contribution in [0.1, 0.15) is 67.2 Å². The van der Waals surface area contributed by atoms with E-state index in [0.717, 1.165) is 15.8 Å². The Hall–Kier alpha value is -9.86. The molecule has 530 valence electrons. The number of aliphatic hydroxyl groups is 2. The van der Waals surface area contributed by atoms with E-state index in [2.05, 4.69) is 63.1 Å². The van der Waals surface area contributed by atoms with Crippen LogP contribution in [0.5, 0.6) is 0 Å². The maximum atomic E-state index is 16.0. The molecule has 100 heavy (non-hydrogen) atoms. The van der Waals surface area contributed by atoms with Gasteiger partial charge in [-0.2, -0.15) is 0 Å². The molecule has 20 N–H and O–H groups in total. The standard InChI is InChI=1S/C68H84N18O12S2/c69-65(70)73-25-11-21-49-56(91)79-53(29-42-33-76-48-20-10-8-18-46(42)48)59(94)82-63-64(98)86-35-44(90)31-55(86)62(97)81-52(28-40-15-5-2-6-16-40)58(93)78-50(22-12-26-74-66(71)72)60(95)83-67(37-87,24-23-41-32-75-47-19-9-7-17-45(41)47)84-68(38-88,100-99-63)36-85-34-43(89)30-54(85)61(96)80-51(57(92)77-49)27-39-13-3-1-4-14-39/h1-10,13-20,32-33,37-38,43-44,49-55,63,75-76,84,89-90H,11-12,21-31,34-36H2,(H,77,92)(H,78,93)(H,79,91)(H,80,96)(H,81,97)(H,82,94)(H,83,95)(H4,69,70,73)(H4,71,72,74)/t43-,44-,49-,50-,51-,52-,53-,54+,55+,63+,67+,68-/m1/s1. The number of aldehydes is 2. The van der Waals surface area contributed by atoms with Gasteiger partial charge in [0.2, 0.25) is 41.4 Å². The van der Waals surface area contributed by atoms with E-state index in [1.165, 1.54) is 4.90 Å². The lowest BCUT2D eigenvalue weighted by Crippen LogP contribution is -2.71. The first-order chi connectivity index (χ1) is 48.1. The van der Waals surface area contributed by atoms with E-state index in [-0.39, 0.29) is 102 Å². The Morgan fingerprint density at radius 1 is 0.560 bits per heavy atom. The van der Waals surface area contributed by atoms with Crippen LogP contribution in [0, 0.1) is 10.8 Å². The van der Waals surface area contributed by atoms with Crippen LogP contribution in [0.25, 0.3) is 21.8 Å². The van der Waals surface area contributed by atoms with Gasteiger partial charge in [0.1, 0.15) is 46.8 Å². The second-order valence-electron chi connectivity index (χ2n) is 25.6. The first kappa shape index (κ1) is 72.9. The van der Waals surface area contributed by atoms with Gasteiger partial charge in [-0.25, -0.2) is 0 Å². The fourth-order valence-corrected chi connectivity index (χ4v) is 15.9. The number of hydrogen-bond acceptors (Lipinski definition) is 18. The third-order valence-corrected chi connectivity index (χ3v) is 21.2. The van der Waals surface area contributed by atoms with E-state index >= 15 is 38.4 Å². The molecule has 10 rings (SSSR count). The second kappa shape index (κ2) is 33.3. The minimum absolute atomic E-state index is 0.00138. The fourth-order valence-electron chi connectivity index (χ4n) is 13.2. The SMILES string of the molecule is N=C(N)NCCC[C@H]1NC(=O)[C@@H](Cc2ccccc2)NC(=O)[C@@H]2C[C@@H](O)CN2C[C@@]2(C=O)N[C@](C=O)(CCc3c[nH]c4ccccc34)NC(=O)[C@@H](CCCNC(=N)N)NC(=O)[C@@H](Cc3ccccc3)NC(=O)[C@@H]3C[C@@H](O)CN3C(=O)[C@@H](NC(=O)[C@@H](Cc3c[nH]c4ccccc34)NC1=O)SS2. The molecular formula is C68H84N18O12S2. The Labute approximate surface area is 583 Å². The number of para-hydroxylation sites is 2. The molecule has 0 saturated carbocycles. The summed E-state index contributed by atoms with van der Waals surface area (Å²) in [5, 5.41) is 66.6. The molecule has 12 atom stereocenters. The number of aromatic nitrogens is 2. The molecule has 0 radical (unpaired) electrons. The third-order valence-electron chi connectivity index (χ3n) is 18.2. The molecule has 32 heteroatoms.